The number of Topliss-reactive ketones (excluding diaryl/α,β-unsaturated/α-hetero) is 1. The molecule has 1 heterocycles. The number of carbonyl (C=O) groups excluding carboxylic acids is 2. The Hall–Kier alpha value is -3.23. The summed E-state index contributed by atoms with van der Waals surface area (Å²) in [6.45, 7) is -0.474. The fourth-order valence-electron chi connectivity index (χ4n) is 3.59. The molecule has 1 fully saturated rings. The van der Waals surface area contributed by atoms with Gasteiger partial charge in [0.05, 0.1) is 39.6 Å². The largest absolute Gasteiger partial charge is 0.507 e. The molecule has 0 saturated carbocycles. The van der Waals surface area contributed by atoms with Crippen LogP contribution in [0, 0.1) is 0 Å². The molecule has 3 rings (SSSR count). The predicted octanol–water partition coefficient (Wildman–Crippen LogP) is 2.78. The molecular weight excluding hydrogens is 426 g/mol. The average molecular weight is 448 g/mol. The van der Waals surface area contributed by atoms with Crippen LogP contribution in [-0.2, 0) is 9.59 Å². The zero-order valence-corrected chi connectivity index (χ0v) is 18.0. The van der Waals surface area contributed by atoms with Crippen LogP contribution >= 0.6 is 11.6 Å². The Morgan fingerprint density at radius 1 is 1.03 bits per heavy atom. The van der Waals surface area contributed by atoms with Gasteiger partial charge in [-0.2, -0.15) is 0 Å². The van der Waals surface area contributed by atoms with Crippen LogP contribution in [0.4, 0.5) is 0 Å². The van der Waals surface area contributed by atoms with E-state index in [-0.39, 0.29) is 24.5 Å². The van der Waals surface area contributed by atoms with Gasteiger partial charge < -0.3 is 29.3 Å². The fourth-order valence-corrected chi connectivity index (χ4v) is 3.71. The standard InChI is InChI=1S/C22H22ClNO7/c1-29-15-10-13(11-16(30-2)21(15)31-3)18-17(20(27)22(28)24(18)8-9-25)19(26)12-4-6-14(23)7-5-12/h4-7,10-11,18,25-26H,8-9H2,1-3H3/t18-/m1/s1. The summed E-state index contributed by atoms with van der Waals surface area (Å²) in [7, 11) is 4.34. The first-order chi connectivity index (χ1) is 14.9. The van der Waals surface area contributed by atoms with Gasteiger partial charge in [0.25, 0.3) is 11.7 Å². The predicted molar refractivity (Wildman–Crippen MR) is 114 cm³/mol. The number of rotatable bonds is 7. The number of benzene rings is 2. The molecule has 9 heteroatoms. The third-order valence-electron chi connectivity index (χ3n) is 5.00. The van der Waals surface area contributed by atoms with Crippen molar-refractivity contribution in [2.45, 2.75) is 6.04 Å². The van der Waals surface area contributed by atoms with Crippen LogP contribution in [0.5, 0.6) is 17.2 Å². The summed E-state index contributed by atoms with van der Waals surface area (Å²) in [6.07, 6.45) is 0. The average Bonchev–Trinajstić information content (AvgIpc) is 3.03. The number of aliphatic hydroxyl groups is 2. The molecule has 1 saturated heterocycles. The first-order valence-electron chi connectivity index (χ1n) is 9.33. The second-order valence-corrected chi connectivity index (χ2v) is 7.12. The molecule has 1 atom stereocenters. The second-order valence-electron chi connectivity index (χ2n) is 6.68. The van der Waals surface area contributed by atoms with E-state index in [1.807, 2.05) is 0 Å². The van der Waals surface area contributed by atoms with Crippen molar-refractivity contribution in [1.29, 1.82) is 0 Å². The monoisotopic (exact) mass is 447 g/mol. The van der Waals surface area contributed by atoms with E-state index in [0.717, 1.165) is 0 Å². The van der Waals surface area contributed by atoms with Crippen molar-refractivity contribution in [2.75, 3.05) is 34.5 Å². The number of ether oxygens (including phenoxy) is 3. The van der Waals surface area contributed by atoms with Crippen molar-refractivity contribution in [3.05, 3.63) is 58.1 Å². The summed E-state index contributed by atoms with van der Waals surface area (Å²) in [5.41, 5.74) is 0.650. The van der Waals surface area contributed by atoms with E-state index < -0.39 is 17.7 Å². The van der Waals surface area contributed by atoms with E-state index in [0.29, 0.717) is 33.4 Å². The SMILES string of the molecule is COc1cc([C@@H]2C(=C(O)c3ccc(Cl)cc3)C(=O)C(=O)N2CCO)cc(OC)c1OC. The van der Waals surface area contributed by atoms with E-state index in [1.165, 1.54) is 26.2 Å². The maximum Gasteiger partial charge on any atom is 0.295 e. The first kappa shape index (κ1) is 22.5. The Kier molecular flexibility index (Phi) is 6.72. The van der Waals surface area contributed by atoms with E-state index in [9.17, 15) is 19.8 Å². The number of amides is 1. The van der Waals surface area contributed by atoms with Crippen molar-refractivity contribution in [3.63, 3.8) is 0 Å². The molecular formula is C22H22ClNO7. The molecule has 31 heavy (non-hydrogen) atoms. The molecule has 8 nitrogen and oxygen atoms in total. The summed E-state index contributed by atoms with van der Waals surface area (Å²) < 4.78 is 16.1. The van der Waals surface area contributed by atoms with Gasteiger partial charge in [0.2, 0.25) is 5.75 Å². The quantitative estimate of drug-likeness (QED) is 0.382. The number of halogens is 1. The fraction of sp³-hybridized carbons (Fsp3) is 0.273. The van der Waals surface area contributed by atoms with Crippen molar-refractivity contribution < 1.29 is 34.0 Å². The minimum atomic E-state index is -0.975. The van der Waals surface area contributed by atoms with Gasteiger partial charge in [-0.25, -0.2) is 0 Å². The highest BCUT2D eigenvalue weighted by molar-refractivity contribution is 6.46. The van der Waals surface area contributed by atoms with E-state index in [4.69, 9.17) is 25.8 Å². The number of carbonyl (C=O) groups is 2. The molecule has 0 unspecified atom stereocenters. The summed E-state index contributed by atoms with van der Waals surface area (Å²) >= 11 is 5.92. The van der Waals surface area contributed by atoms with Crippen molar-refractivity contribution in [3.8, 4) is 17.2 Å². The normalized spacial score (nSPS) is 17.7. The van der Waals surface area contributed by atoms with Crippen LogP contribution in [0.1, 0.15) is 17.2 Å². The third kappa shape index (κ3) is 4.04. The number of β-amino-alcohol motifs (C(OH)–C–C–N with tert-alkyl or cyclic N) is 1. The molecule has 2 N–H and O–H groups in total. The van der Waals surface area contributed by atoms with Gasteiger partial charge in [0.1, 0.15) is 5.76 Å². The maximum atomic E-state index is 12.9. The minimum absolute atomic E-state index is 0.108. The molecule has 164 valence electrons. The Bertz CT molecular complexity index is 1010. The van der Waals surface area contributed by atoms with Crippen molar-refractivity contribution >= 4 is 29.1 Å². The summed E-state index contributed by atoms with van der Waals surface area (Å²) in [6, 6.07) is 8.43. The number of hydrogen-bond donors (Lipinski definition) is 2. The van der Waals surface area contributed by atoms with E-state index >= 15 is 0 Å². The van der Waals surface area contributed by atoms with Gasteiger partial charge in [-0.15, -0.1) is 0 Å². The highest BCUT2D eigenvalue weighted by Gasteiger charge is 2.46. The Morgan fingerprint density at radius 2 is 1.61 bits per heavy atom. The number of methoxy groups -OCH3 is 3. The van der Waals surface area contributed by atoms with Crippen LogP contribution < -0.4 is 14.2 Å². The number of hydrogen-bond acceptors (Lipinski definition) is 7. The smallest absolute Gasteiger partial charge is 0.295 e. The zero-order chi connectivity index (χ0) is 22.7. The van der Waals surface area contributed by atoms with Crippen LogP contribution in [0.3, 0.4) is 0 Å². The molecule has 2 aromatic carbocycles. The highest BCUT2D eigenvalue weighted by Crippen LogP contribution is 2.45. The lowest BCUT2D eigenvalue weighted by molar-refractivity contribution is -0.140. The second kappa shape index (κ2) is 9.28. The molecule has 1 amide bonds. The number of ketones is 1. The molecule has 0 aliphatic carbocycles. The lowest BCUT2D eigenvalue weighted by atomic mass is 9.94. The molecule has 0 spiro atoms. The zero-order valence-electron chi connectivity index (χ0n) is 17.2. The van der Waals surface area contributed by atoms with Gasteiger partial charge in [0.15, 0.2) is 11.5 Å². The van der Waals surface area contributed by atoms with Crippen molar-refractivity contribution in [1.82, 2.24) is 4.90 Å². The highest BCUT2D eigenvalue weighted by atomic mass is 35.5. The molecule has 2 aromatic rings. The maximum absolute atomic E-state index is 12.9. The number of aliphatic hydroxyl groups excluding tert-OH is 2. The molecule has 0 aromatic heterocycles. The number of nitrogens with zero attached hydrogens (tertiary/aromatic N) is 1. The van der Waals surface area contributed by atoms with Crippen LogP contribution in [0.2, 0.25) is 5.02 Å². The molecule has 1 aliphatic heterocycles. The van der Waals surface area contributed by atoms with E-state index in [1.54, 1.807) is 36.4 Å². The molecule has 0 bridgehead atoms. The van der Waals surface area contributed by atoms with Gasteiger partial charge in [-0.1, -0.05) is 11.6 Å². The van der Waals surface area contributed by atoms with Crippen LogP contribution in [-0.4, -0.2) is 61.3 Å². The van der Waals surface area contributed by atoms with E-state index in [2.05, 4.69) is 0 Å². The van der Waals surface area contributed by atoms with Gasteiger partial charge in [0, 0.05) is 17.1 Å². The minimum Gasteiger partial charge on any atom is -0.507 e. The lowest BCUT2D eigenvalue weighted by Gasteiger charge is -2.26. The third-order valence-corrected chi connectivity index (χ3v) is 5.25. The van der Waals surface area contributed by atoms with Gasteiger partial charge >= 0.3 is 0 Å². The summed E-state index contributed by atoms with van der Waals surface area (Å²) in [4.78, 5) is 26.8. The Labute approximate surface area is 184 Å². The van der Waals surface area contributed by atoms with Crippen LogP contribution in [0.25, 0.3) is 5.76 Å². The van der Waals surface area contributed by atoms with Crippen molar-refractivity contribution in [2.24, 2.45) is 0 Å². The van der Waals surface area contributed by atoms with Crippen LogP contribution in [0.15, 0.2) is 42.0 Å². The molecule has 0 radical (unpaired) electrons. The lowest BCUT2D eigenvalue weighted by Crippen LogP contribution is -2.32. The first-order valence-corrected chi connectivity index (χ1v) is 9.70. The summed E-state index contributed by atoms with van der Waals surface area (Å²) in [5.74, 6) is -1.07. The number of likely N-dealkylation sites (tertiary alicyclic amines) is 1. The van der Waals surface area contributed by atoms with Gasteiger partial charge in [-0.05, 0) is 42.0 Å². The molecule has 1 aliphatic rings. The topological polar surface area (TPSA) is 106 Å². The Balaban J connectivity index is 2.26. The summed E-state index contributed by atoms with van der Waals surface area (Å²) in [5, 5.41) is 20.9. The van der Waals surface area contributed by atoms with Gasteiger partial charge in [-0.3, -0.25) is 9.59 Å². The Morgan fingerprint density at radius 3 is 2.10 bits per heavy atom.